The molecule has 0 spiro atoms. The molecule has 0 aromatic carbocycles. The number of nitrogens with zero attached hydrogens (tertiary/aromatic N) is 1. The van der Waals surface area contributed by atoms with Crippen molar-refractivity contribution in [2.75, 3.05) is 13.1 Å². The predicted octanol–water partition coefficient (Wildman–Crippen LogP) is 1.36. The van der Waals surface area contributed by atoms with Gasteiger partial charge in [0, 0.05) is 6.54 Å². The minimum Gasteiger partial charge on any atom is -0.315 e. The third kappa shape index (κ3) is 3.36. The average molecular weight is 198 g/mol. The first-order valence-corrected chi connectivity index (χ1v) is 5.18. The van der Waals surface area contributed by atoms with Crippen LogP contribution in [0, 0.1) is 5.92 Å². The van der Waals surface area contributed by atoms with E-state index in [1.165, 1.54) is 6.42 Å². The molecule has 14 heavy (non-hydrogen) atoms. The molecular weight excluding hydrogens is 180 g/mol. The Balaban J connectivity index is 2.13. The first-order valence-electron chi connectivity index (χ1n) is 5.18. The molecular formula is C10H18N2O2. The number of urea groups is 1. The Morgan fingerprint density at radius 2 is 2.07 bits per heavy atom. The largest absolute Gasteiger partial charge is 0.324 e. The summed E-state index contributed by atoms with van der Waals surface area (Å²) in [6.07, 6.45) is 3.29. The van der Waals surface area contributed by atoms with Gasteiger partial charge in [-0.05, 0) is 12.3 Å². The highest BCUT2D eigenvalue weighted by Crippen LogP contribution is 2.08. The summed E-state index contributed by atoms with van der Waals surface area (Å²) in [7, 11) is 0. The van der Waals surface area contributed by atoms with Crippen LogP contribution in [0.2, 0.25) is 0 Å². The standard InChI is InChI=1S/C10H18N2O2/c1-8(2)5-3-4-6-12-7-9(13)11-10(12)14/h8H,3-7H2,1-2H3,(H,11,13,14). The van der Waals surface area contributed by atoms with E-state index in [9.17, 15) is 9.59 Å². The maximum Gasteiger partial charge on any atom is 0.324 e. The summed E-state index contributed by atoms with van der Waals surface area (Å²) in [5.41, 5.74) is 0. The lowest BCUT2D eigenvalue weighted by molar-refractivity contribution is -0.118. The Kier molecular flexibility index (Phi) is 3.92. The lowest BCUT2D eigenvalue weighted by Crippen LogP contribution is -2.29. The molecule has 0 atom stereocenters. The Labute approximate surface area is 84.7 Å². The topological polar surface area (TPSA) is 49.4 Å². The van der Waals surface area contributed by atoms with Crippen LogP contribution in [0.25, 0.3) is 0 Å². The highest BCUT2D eigenvalue weighted by molar-refractivity contribution is 6.01. The lowest BCUT2D eigenvalue weighted by atomic mass is 10.1. The number of carbonyl (C=O) groups is 2. The van der Waals surface area contributed by atoms with Gasteiger partial charge in [0.15, 0.2) is 0 Å². The Bertz CT molecular complexity index is 226. The normalized spacial score (nSPS) is 16.6. The van der Waals surface area contributed by atoms with Gasteiger partial charge in [0.05, 0.1) is 0 Å². The van der Waals surface area contributed by atoms with E-state index in [1.54, 1.807) is 4.90 Å². The zero-order chi connectivity index (χ0) is 10.6. The fraction of sp³-hybridized carbons (Fsp3) is 0.800. The second-order valence-corrected chi connectivity index (χ2v) is 4.16. The van der Waals surface area contributed by atoms with Gasteiger partial charge in [-0.3, -0.25) is 10.1 Å². The van der Waals surface area contributed by atoms with Crippen LogP contribution in [-0.4, -0.2) is 29.9 Å². The second-order valence-electron chi connectivity index (χ2n) is 4.16. The zero-order valence-corrected chi connectivity index (χ0v) is 8.88. The van der Waals surface area contributed by atoms with Gasteiger partial charge in [0.1, 0.15) is 6.54 Å². The van der Waals surface area contributed by atoms with Crippen LogP contribution in [0.5, 0.6) is 0 Å². The van der Waals surface area contributed by atoms with E-state index in [0.29, 0.717) is 12.5 Å². The third-order valence-corrected chi connectivity index (χ3v) is 2.33. The number of hydrogen-bond acceptors (Lipinski definition) is 2. The minimum absolute atomic E-state index is 0.182. The molecule has 0 unspecified atom stereocenters. The summed E-state index contributed by atoms with van der Waals surface area (Å²) in [4.78, 5) is 23.5. The van der Waals surface area contributed by atoms with Crippen LogP contribution in [0.15, 0.2) is 0 Å². The highest BCUT2D eigenvalue weighted by Gasteiger charge is 2.25. The van der Waals surface area contributed by atoms with E-state index in [0.717, 1.165) is 12.8 Å². The van der Waals surface area contributed by atoms with Crippen molar-refractivity contribution in [2.24, 2.45) is 5.92 Å². The molecule has 1 aliphatic rings. The molecule has 1 N–H and O–H groups in total. The summed E-state index contributed by atoms with van der Waals surface area (Å²) in [6, 6.07) is -0.237. The Morgan fingerprint density at radius 3 is 2.57 bits per heavy atom. The van der Waals surface area contributed by atoms with Crippen molar-refractivity contribution >= 4 is 11.9 Å². The predicted molar refractivity (Wildman–Crippen MR) is 53.8 cm³/mol. The molecule has 1 saturated heterocycles. The fourth-order valence-corrected chi connectivity index (χ4v) is 1.52. The number of nitrogens with one attached hydrogen (secondary N) is 1. The third-order valence-electron chi connectivity index (χ3n) is 2.33. The van der Waals surface area contributed by atoms with Gasteiger partial charge >= 0.3 is 6.03 Å². The molecule has 0 saturated carbocycles. The van der Waals surface area contributed by atoms with Crippen molar-refractivity contribution < 1.29 is 9.59 Å². The SMILES string of the molecule is CC(C)CCCCN1CC(=O)NC1=O. The van der Waals surface area contributed by atoms with Crippen molar-refractivity contribution in [3.05, 3.63) is 0 Å². The van der Waals surface area contributed by atoms with Crippen LogP contribution < -0.4 is 5.32 Å². The summed E-state index contributed by atoms with van der Waals surface area (Å²) in [5.74, 6) is 0.530. The van der Waals surface area contributed by atoms with Gasteiger partial charge in [-0.2, -0.15) is 0 Å². The molecule has 1 heterocycles. The Morgan fingerprint density at radius 1 is 1.36 bits per heavy atom. The monoisotopic (exact) mass is 198 g/mol. The van der Waals surface area contributed by atoms with Gasteiger partial charge in [0.2, 0.25) is 5.91 Å². The van der Waals surface area contributed by atoms with E-state index >= 15 is 0 Å². The molecule has 0 aromatic rings. The summed E-state index contributed by atoms with van der Waals surface area (Å²) >= 11 is 0. The molecule has 1 aliphatic heterocycles. The van der Waals surface area contributed by atoms with Crippen LogP contribution >= 0.6 is 0 Å². The van der Waals surface area contributed by atoms with Gasteiger partial charge in [-0.15, -0.1) is 0 Å². The van der Waals surface area contributed by atoms with Crippen LogP contribution in [0.3, 0.4) is 0 Å². The van der Waals surface area contributed by atoms with Gasteiger partial charge in [-0.1, -0.05) is 26.7 Å². The van der Waals surface area contributed by atoms with Crippen molar-refractivity contribution in [3.63, 3.8) is 0 Å². The fourth-order valence-electron chi connectivity index (χ4n) is 1.52. The van der Waals surface area contributed by atoms with Gasteiger partial charge < -0.3 is 4.90 Å². The van der Waals surface area contributed by atoms with Crippen LogP contribution in [-0.2, 0) is 4.79 Å². The molecule has 3 amide bonds. The van der Waals surface area contributed by atoms with E-state index < -0.39 is 0 Å². The number of imide groups is 1. The maximum absolute atomic E-state index is 11.1. The average Bonchev–Trinajstić information content (AvgIpc) is 2.39. The molecule has 0 aliphatic carbocycles. The van der Waals surface area contributed by atoms with Crippen molar-refractivity contribution in [2.45, 2.75) is 33.1 Å². The molecule has 0 radical (unpaired) electrons. The van der Waals surface area contributed by atoms with Crippen molar-refractivity contribution in [1.82, 2.24) is 10.2 Å². The summed E-state index contributed by atoms with van der Waals surface area (Å²) < 4.78 is 0. The minimum atomic E-state index is -0.237. The maximum atomic E-state index is 11.1. The van der Waals surface area contributed by atoms with E-state index in [1.807, 2.05) is 0 Å². The number of amides is 3. The highest BCUT2D eigenvalue weighted by atomic mass is 16.2. The van der Waals surface area contributed by atoms with Crippen LogP contribution in [0.1, 0.15) is 33.1 Å². The van der Waals surface area contributed by atoms with E-state index in [-0.39, 0.29) is 18.5 Å². The quantitative estimate of drug-likeness (QED) is 0.535. The first kappa shape index (κ1) is 11.0. The number of hydrogen-bond donors (Lipinski definition) is 1. The molecule has 1 rings (SSSR count). The summed E-state index contributed by atoms with van der Waals surface area (Å²) in [6.45, 7) is 5.31. The molecule has 0 bridgehead atoms. The number of carbonyl (C=O) groups excluding carboxylic acids is 2. The van der Waals surface area contributed by atoms with Crippen molar-refractivity contribution in [3.8, 4) is 0 Å². The summed E-state index contributed by atoms with van der Waals surface area (Å²) in [5, 5.41) is 2.26. The lowest BCUT2D eigenvalue weighted by Gasteiger charge is -2.12. The van der Waals surface area contributed by atoms with Gasteiger partial charge in [-0.25, -0.2) is 4.79 Å². The smallest absolute Gasteiger partial charge is 0.315 e. The second kappa shape index (κ2) is 4.98. The first-order chi connectivity index (χ1) is 6.59. The Hall–Kier alpha value is -1.06. The molecule has 4 nitrogen and oxygen atoms in total. The van der Waals surface area contributed by atoms with E-state index in [4.69, 9.17) is 0 Å². The molecule has 4 heteroatoms. The van der Waals surface area contributed by atoms with Crippen LogP contribution in [0.4, 0.5) is 4.79 Å². The zero-order valence-electron chi connectivity index (χ0n) is 8.88. The molecule has 1 fully saturated rings. The molecule has 0 aromatic heterocycles. The van der Waals surface area contributed by atoms with Crippen molar-refractivity contribution in [1.29, 1.82) is 0 Å². The number of rotatable bonds is 5. The van der Waals surface area contributed by atoms with E-state index in [2.05, 4.69) is 19.2 Å². The number of unbranched alkanes of at least 4 members (excludes halogenated alkanes) is 1. The van der Waals surface area contributed by atoms with Gasteiger partial charge in [0.25, 0.3) is 0 Å². The molecule has 80 valence electrons.